The molecule has 0 aromatic heterocycles. The van der Waals surface area contributed by atoms with Crippen LogP contribution in [0.15, 0.2) is 15.3 Å². The largest absolute Gasteiger partial charge is 0.273 e. The highest BCUT2D eigenvalue weighted by atomic mass is 16.2. The molecule has 10 heavy (non-hydrogen) atoms. The van der Waals surface area contributed by atoms with Gasteiger partial charge >= 0.3 is 0 Å². The van der Waals surface area contributed by atoms with Gasteiger partial charge in [0, 0.05) is 6.92 Å². The number of rotatable bonds is 0. The van der Waals surface area contributed by atoms with Gasteiger partial charge in [-0.05, 0) is 6.92 Å². The lowest BCUT2D eigenvalue weighted by atomic mass is 10.6. The van der Waals surface area contributed by atoms with Crippen LogP contribution in [-0.2, 0) is 4.79 Å². The van der Waals surface area contributed by atoms with E-state index < -0.39 is 0 Å². The van der Waals surface area contributed by atoms with E-state index in [9.17, 15) is 4.79 Å². The molecule has 1 heterocycles. The van der Waals surface area contributed by atoms with E-state index in [1.54, 1.807) is 6.92 Å². The molecule has 0 aromatic carbocycles. The van der Waals surface area contributed by atoms with Crippen molar-refractivity contribution in [1.29, 1.82) is 0 Å². The third-order valence-corrected chi connectivity index (χ3v) is 1.04. The van der Waals surface area contributed by atoms with Crippen molar-refractivity contribution in [1.82, 2.24) is 5.01 Å². The number of carbonyl (C=O) groups is 1. The fraction of sp³-hybridized carbons (Fsp3) is 0.600. The smallest absolute Gasteiger partial charge is 0.241 e. The molecule has 1 amide bonds. The predicted molar refractivity (Wildman–Crippen MR) is 35.4 cm³/mol. The Labute approximate surface area is 58.4 Å². The molecule has 0 fully saturated rings. The number of hydrogen-bond acceptors (Lipinski definition) is 4. The third kappa shape index (κ3) is 1.37. The van der Waals surface area contributed by atoms with Crippen molar-refractivity contribution in [2.45, 2.75) is 13.8 Å². The lowest BCUT2D eigenvalue weighted by molar-refractivity contribution is -0.129. The van der Waals surface area contributed by atoms with Gasteiger partial charge in [-0.1, -0.05) is 0 Å². The maximum absolute atomic E-state index is 10.7. The molecule has 1 aliphatic heterocycles. The van der Waals surface area contributed by atoms with Crippen molar-refractivity contribution in [2.75, 3.05) is 6.67 Å². The Kier molecular flexibility index (Phi) is 1.75. The highest BCUT2D eigenvalue weighted by molar-refractivity contribution is 5.82. The van der Waals surface area contributed by atoms with E-state index in [0.29, 0.717) is 5.84 Å². The fourth-order valence-corrected chi connectivity index (χ4v) is 0.590. The van der Waals surface area contributed by atoms with Crippen molar-refractivity contribution in [2.24, 2.45) is 15.3 Å². The van der Waals surface area contributed by atoms with Gasteiger partial charge in [0.2, 0.25) is 5.91 Å². The molecule has 0 saturated carbocycles. The van der Waals surface area contributed by atoms with Gasteiger partial charge in [0.15, 0.2) is 12.5 Å². The number of hydrogen-bond donors (Lipinski definition) is 0. The van der Waals surface area contributed by atoms with Gasteiger partial charge in [-0.25, -0.2) is 5.01 Å². The minimum atomic E-state index is -0.113. The Morgan fingerprint density at radius 1 is 1.70 bits per heavy atom. The molecule has 1 rings (SSSR count). The highest BCUT2D eigenvalue weighted by Crippen LogP contribution is 1.99. The summed E-state index contributed by atoms with van der Waals surface area (Å²) in [6.07, 6.45) is 0. The van der Waals surface area contributed by atoms with Crippen molar-refractivity contribution in [3.63, 3.8) is 0 Å². The second-order valence-corrected chi connectivity index (χ2v) is 1.95. The van der Waals surface area contributed by atoms with Gasteiger partial charge in [-0.3, -0.25) is 4.79 Å². The standard InChI is InChI=1S/C5H8N4O/c1-4-7-6-3-9(8-4)5(2)10/h3H2,1-2H3. The van der Waals surface area contributed by atoms with Gasteiger partial charge in [0.05, 0.1) is 0 Å². The van der Waals surface area contributed by atoms with Crippen LogP contribution in [-0.4, -0.2) is 23.4 Å². The van der Waals surface area contributed by atoms with Crippen LogP contribution < -0.4 is 0 Å². The molecule has 0 spiro atoms. The quantitative estimate of drug-likeness (QED) is 0.485. The normalized spacial score (nSPS) is 17.0. The first-order chi connectivity index (χ1) is 4.70. The van der Waals surface area contributed by atoms with Crippen LogP contribution in [0.3, 0.4) is 0 Å². The number of nitrogens with zero attached hydrogens (tertiary/aromatic N) is 4. The maximum Gasteiger partial charge on any atom is 0.241 e. The average Bonchev–Trinajstić information content (AvgIpc) is 1.88. The van der Waals surface area contributed by atoms with Crippen molar-refractivity contribution < 1.29 is 4.79 Å². The summed E-state index contributed by atoms with van der Waals surface area (Å²) in [7, 11) is 0. The number of amides is 1. The zero-order valence-electron chi connectivity index (χ0n) is 5.90. The molecule has 0 N–H and O–H groups in total. The SMILES string of the molecule is CC(=O)N1CN=NC(C)=N1. The molecule has 0 unspecified atom stereocenters. The van der Waals surface area contributed by atoms with Crippen LogP contribution in [0.25, 0.3) is 0 Å². The van der Waals surface area contributed by atoms with Gasteiger partial charge in [-0.2, -0.15) is 10.2 Å². The van der Waals surface area contributed by atoms with Crippen LogP contribution in [0.4, 0.5) is 0 Å². The summed E-state index contributed by atoms with van der Waals surface area (Å²) in [6, 6.07) is 0. The van der Waals surface area contributed by atoms with E-state index in [2.05, 4.69) is 15.3 Å². The van der Waals surface area contributed by atoms with E-state index in [1.165, 1.54) is 11.9 Å². The van der Waals surface area contributed by atoms with Crippen LogP contribution in [0.5, 0.6) is 0 Å². The van der Waals surface area contributed by atoms with Crippen LogP contribution >= 0.6 is 0 Å². The topological polar surface area (TPSA) is 57.4 Å². The number of hydrazone groups is 1. The summed E-state index contributed by atoms with van der Waals surface area (Å²) in [5, 5.41) is 12.4. The summed E-state index contributed by atoms with van der Waals surface area (Å²) in [4.78, 5) is 10.7. The molecule has 0 saturated heterocycles. The molecule has 0 aliphatic carbocycles. The number of carbonyl (C=O) groups excluding carboxylic acids is 1. The summed E-state index contributed by atoms with van der Waals surface area (Å²) in [5.41, 5.74) is 0. The van der Waals surface area contributed by atoms with E-state index in [4.69, 9.17) is 0 Å². The molecule has 5 heteroatoms. The summed E-state index contributed by atoms with van der Waals surface area (Å²) < 4.78 is 0. The summed E-state index contributed by atoms with van der Waals surface area (Å²) in [5.74, 6) is 0.402. The Hall–Kier alpha value is -1.26. The van der Waals surface area contributed by atoms with Crippen molar-refractivity contribution in [3.05, 3.63) is 0 Å². The molecule has 0 radical (unpaired) electrons. The van der Waals surface area contributed by atoms with Gasteiger partial charge in [-0.15, -0.1) is 5.11 Å². The minimum Gasteiger partial charge on any atom is -0.273 e. The minimum absolute atomic E-state index is 0.113. The number of amidine groups is 1. The molecular formula is C5H8N4O. The van der Waals surface area contributed by atoms with E-state index in [1.807, 2.05) is 0 Å². The van der Waals surface area contributed by atoms with Crippen LogP contribution in [0.1, 0.15) is 13.8 Å². The highest BCUT2D eigenvalue weighted by Gasteiger charge is 2.09. The van der Waals surface area contributed by atoms with Crippen molar-refractivity contribution >= 4 is 11.7 Å². The molecule has 54 valence electrons. The number of azo groups is 1. The second-order valence-electron chi connectivity index (χ2n) is 1.95. The Morgan fingerprint density at radius 2 is 2.40 bits per heavy atom. The van der Waals surface area contributed by atoms with E-state index in [-0.39, 0.29) is 12.6 Å². The molecule has 5 nitrogen and oxygen atoms in total. The van der Waals surface area contributed by atoms with Gasteiger partial charge in [0.25, 0.3) is 0 Å². The third-order valence-electron chi connectivity index (χ3n) is 1.04. The first kappa shape index (κ1) is 6.85. The summed E-state index contributed by atoms with van der Waals surface area (Å²) in [6.45, 7) is 3.38. The lowest BCUT2D eigenvalue weighted by Gasteiger charge is -2.13. The maximum atomic E-state index is 10.7. The molecule has 1 aliphatic rings. The molecular weight excluding hydrogens is 132 g/mol. The average molecular weight is 140 g/mol. The van der Waals surface area contributed by atoms with Gasteiger partial charge < -0.3 is 0 Å². The monoisotopic (exact) mass is 140 g/mol. The van der Waals surface area contributed by atoms with E-state index in [0.717, 1.165) is 0 Å². The zero-order chi connectivity index (χ0) is 7.56. The first-order valence-corrected chi connectivity index (χ1v) is 2.91. The first-order valence-electron chi connectivity index (χ1n) is 2.91. The molecule has 0 aromatic rings. The van der Waals surface area contributed by atoms with Crippen LogP contribution in [0.2, 0.25) is 0 Å². The molecule has 0 bridgehead atoms. The van der Waals surface area contributed by atoms with Crippen LogP contribution in [0, 0.1) is 0 Å². The summed E-state index contributed by atoms with van der Waals surface area (Å²) >= 11 is 0. The second kappa shape index (κ2) is 2.55. The Morgan fingerprint density at radius 3 is 2.80 bits per heavy atom. The van der Waals surface area contributed by atoms with Gasteiger partial charge in [0.1, 0.15) is 0 Å². The zero-order valence-corrected chi connectivity index (χ0v) is 5.90. The predicted octanol–water partition coefficient (Wildman–Crippen LogP) is 0.592. The lowest BCUT2D eigenvalue weighted by Crippen LogP contribution is -2.26. The van der Waals surface area contributed by atoms with Crippen molar-refractivity contribution in [3.8, 4) is 0 Å². The fourth-order valence-electron chi connectivity index (χ4n) is 0.590. The molecule has 0 atom stereocenters. The van der Waals surface area contributed by atoms with E-state index >= 15 is 0 Å². The Balaban J connectivity index is 2.69. The Bertz CT molecular complexity index is 208.